The summed E-state index contributed by atoms with van der Waals surface area (Å²) in [5.74, 6) is -1.24. The van der Waals surface area contributed by atoms with Crippen molar-refractivity contribution in [2.75, 3.05) is 19.4 Å². The fourth-order valence-electron chi connectivity index (χ4n) is 1.19. The van der Waals surface area contributed by atoms with Crippen molar-refractivity contribution < 1.29 is 14.7 Å². The van der Waals surface area contributed by atoms with Crippen molar-refractivity contribution in [2.45, 2.75) is 6.92 Å². The van der Waals surface area contributed by atoms with Gasteiger partial charge in [0, 0.05) is 31.6 Å². The molecule has 2 N–H and O–H groups in total. The van der Waals surface area contributed by atoms with Gasteiger partial charge in [0.05, 0.1) is 5.56 Å². The first kappa shape index (κ1) is 13.8. The Morgan fingerprint density at radius 1 is 1.22 bits per heavy atom. The van der Waals surface area contributed by atoms with Crippen LogP contribution in [0.1, 0.15) is 17.3 Å². The van der Waals surface area contributed by atoms with Gasteiger partial charge in [-0.15, -0.1) is 0 Å². The molecule has 5 heteroatoms. The average Bonchev–Trinajstić information content (AvgIpc) is 2.29. The van der Waals surface area contributed by atoms with E-state index in [1.54, 1.807) is 12.1 Å². The molecule has 0 bridgehead atoms. The van der Waals surface area contributed by atoms with Crippen molar-refractivity contribution in [1.29, 1.82) is 0 Å². The number of rotatable bonds is 4. The smallest absolute Gasteiger partial charge is 0.335 e. The maximum atomic E-state index is 11.6. The number of carboxylic acid groups (broad SMARTS) is 1. The summed E-state index contributed by atoms with van der Waals surface area (Å²) >= 11 is 0. The van der Waals surface area contributed by atoms with E-state index in [9.17, 15) is 9.59 Å². The summed E-state index contributed by atoms with van der Waals surface area (Å²) in [4.78, 5) is 24.1. The number of nitrogens with one attached hydrogen (secondary N) is 1. The second kappa shape index (κ2) is 5.86. The van der Waals surface area contributed by atoms with Crippen LogP contribution in [0, 0.1) is 0 Å². The molecule has 0 unspecified atom stereocenters. The summed E-state index contributed by atoms with van der Waals surface area (Å²) < 4.78 is 0. The van der Waals surface area contributed by atoms with Crippen LogP contribution >= 0.6 is 0 Å². The minimum absolute atomic E-state index is 0.188. The number of hydrogen-bond donors (Lipinski definition) is 2. The van der Waals surface area contributed by atoms with Gasteiger partial charge in [-0.3, -0.25) is 4.79 Å². The number of amides is 1. The Kier molecular flexibility index (Phi) is 4.48. The van der Waals surface area contributed by atoms with Crippen molar-refractivity contribution in [1.82, 2.24) is 4.90 Å². The number of anilines is 1. The number of benzene rings is 1. The van der Waals surface area contributed by atoms with E-state index in [1.807, 2.05) is 25.9 Å². The van der Waals surface area contributed by atoms with Crippen LogP contribution in [-0.4, -0.2) is 36.0 Å². The van der Waals surface area contributed by atoms with Gasteiger partial charge in [-0.1, -0.05) is 0 Å². The lowest BCUT2D eigenvalue weighted by molar-refractivity contribution is -0.112. The molecule has 5 nitrogen and oxygen atoms in total. The number of carbonyl (C=O) groups excluding carboxylic acids is 1. The lowest BCUT2D eigenvalue weighted by Crippen LogP contribution is -2.14. The van der Waals surface area contributed by atoms with Crippen molar-refractivity contribution in [3.63, 3.8) is 0 Å². The minimum Gasteiger partial charge on any atom is -0.478 e. The fraction of sp³-hybridized carbons (Fsp3) is 0.231. The molecule has 0 saturated carbocycles. The van der Waals surface area contributed by atoms with Crippen LogP contribution in [0.4, 0.5) is 5.69 Å². The minimum atomic E-state index is -0.990. The molecule has 1 aromatic carbocycles. The molecule has 1 aromatic rings. The largest absolute Gasteiger partial charge is 0.478 e. The second-order valence-corrected chi connectivity index (χ2v) is 4.05. The van der Waals surface area contributed by atoms with Gasteiger partial charge in [0.15, 0.2) is 0 Å². The highest BCUT2D eigenvalue weighted by Crippen LogP contribution is 2.10. The quantitative estimate of drug-likeness (QED) is 0.797. The summed E-state index contributed by atoms with van der Waals surface area (Å²) in [7, 11) is 3.70. The van der Waals surface area contributed by atoms with Gasteiger partial charge in [-0.05, 0) is 31.2 Å². The monoisotopic (exact) mass is 248 g/mol. The van der Waals surface area contributed by atoms with Gasteiger partial charge in [0.2, 0.25) is 5.91 Å². The van der Waals surface area contributed by atoms with Crippen LogP contribution in [0.2, 0.25) is 0 Å². The topological polar surface area (TPSA) is 69.6 Å². The van der Waals surface area contributed by atoms with E-state index in [2.05, 4.69) is 5.32 Å². The molecule has 0 aliphatic rings. The molecule has 0 heterocycles. The number of hydrogen-bond acceptors (Lipinski definition) is 3. The van der Waals surface area contributed by atoms with Gasteiger partial charge < -0.3 is 15.3 Å². The van der Waals surface area contributed by atoms with E-state index in [4.69, 9.17) is 5.11 Å². The van der Waals surface area contributed by atoms with Gasteiger partial charge in [0.25, 0.3) is 0 Å². The van der Waals surface area contributed by atoms with Crippen molar-refractivity contribution in [2.24, 2.45) is 0 Å². The number of carboxylic acids is 1. The predicted molar refractivity (Wildman–Crippen MR) is 69.5 cm³/mol. The Morgan fingerprint density at radius 2 is 1.78 bits per heavy atom. The molecule has 0 radical (unpaired) electrons. The molecule has 18 heavy (non-hydrogen) atoms. The number of carbonyl (C=O) groups is 2. The Bertz CT molecular complexity index is 476. The van der Waals surface area contributed by atoms with E-state index in [0.29, 0.717) is 5.69 Å². The summed E-state index contributed by atoms with van der Waals surface area (Å²) in [5.41, 5.74) is 1.58. The van der Waals surface area contributed by atoms with E-state index in [1.165, 1.54) is 18.2 Å². The van der Waals surface area contributed by atoms with Gasteiger partial charge >= 0.3 is 5.97 Å². The van der Waals surface area contributed by atoms with Crippen molar-refractivity contribution in [3.8, 4) is 0 Å². The van der Waals surface area contributed by atoms with Gasteiger partial charge in [-0.25, -0.2) is 4.79 Å². The van der Waals surface area contributed by atoms with Crippen LogP contribution in [0.15, 0.2) is 36.0 Å². The molecule has 1 amide bonds. The molecular formula is C13H16N2O3. The molecule has 0 aliphatic heterocycles. The average molecular weight is 248 g/mol. The fourth-order valence-corrected chi connectivity index (χ4v) is 1.19. The first-order chi connectivity index (χ1) is 8.40. The molecule has 96 valence electrons. The SMILES string of the molecule is CC(=CC(=O)Nc1ccc(C(=O)O)cc1)N(C)C. The van der Waals surface area contributed by atoms with Crippen molar-refractivity contribution >= 4 is 17.6 Å². The van der Waals surface area contributed by atoms with E-state index >= 15 is 0 Å². The highest BCUT2D eigenvalue weighted by atomic mass is 16.4. The zero-order valence-electron chi connectivity index (χ0n) is 10.6. The highest BCUT2D eigenvalue weighted by Gasteiger charge is 2.04. The molecule has 0 aliphatic carbocycles. The van der Waals surface area contributed by atoms with E-state index < -0.39 is 5.97 Å². The molecule has 0 saturated heterocycles. The third kappa shape index (κ3) is 3.93. The molecular weight excluding hydrogens is 232 g/mol. The summed E-state index contributed by atoms with van der Waals surface area (Å²) in [5, 5.41) is 11.4. The number of aromatic carboxylic acids is 1. The van der Waals surface area contributed by atoms with E-state index in [-0.39, 0.29) is 11.5 Å². The second-order valence-electron chi connectivity index (χ2n) is 4.05. The third-order valence-corrected chi connectivity index (χ3v) is 2.44. The zero-order valence-corrected chi connectivity index (χ0v) is 10.6. The summed E-state index contributed by atoms with van der Waals surface area (Å²) in [6.45, 7) is 1.83. The van der Waals surface area contributed by atoms with Crippen LogP contribution < -0.4 is 5.32 Å². The first-order valence-electron chi connectivity index (χ1n) is 5.40. The maximum Gasteiger partial charge on any atom is 0.335 e. The lowest BCUT2D eigenvalue weighted by Gasteiger charge is -2.12. The number of nitrogens with zero attached hydrogens (tertiary/aromatic N) is 1. The third-order valence-electron chi connectivity index (χ3n) is 2.44. The van der Waals surface area contributed by atoms with Crippen LogP contribution in [-0.2, 0) is 4.79 Å². The highest BCUT2D eigenvalue weighted by molar-refractivity contribution is 6.00. The summed E-state index contributed by atoms with van der Waals surface area (Å²) in [6.07, 6.45) is 1.48. The standard InChI is InChI=1S/C13H16N2O3/c1-9(15(2)3)8-12(16)14-11-6-4-10(5-7-11)13(17)18/h4-8H,1-3H3,(H,14,16)(H,17,18). The molecule has 0 spiro atoms. The molecule has 0 fully saturated rings. The Morgan fingerprint density at radius 3 is 2.22 bits per heavy atom. The lowest BCUT2D eigenvalue weighted by atomic mass is 10.2. The zero-order chi connectivity index (χ0) is 13.7. The van der Waals surface area contributed by atoms with Crippen molar-refractivity contribution in [3.05, 3.63) is 41.6 Å². The molecule has 0 aromatic heterocycles. The predicted octanol–water partition coefficient (Wildman–Crippen LogP) is 1.79. The first-order valence-corrected chi connectivity index (χ1v) is 5.40. The van der Waals surface area contributed by atoms with Gasteiger partial charge in [-0.2, -0.15) is 0 Å². The molecule has 0 atom stereocenters. The van der Waals surface area contributed by atoms with Crippen LogP contribution in [0.3, 0.4) is 0 Å². The van der Waals surface area contributed by atoms with Crippen LogP contribution in [0.25, 0.3) is 0 Å². The van der Waals surface area contributed by atoms with E-state index in [0.717, 1.165) is 5.70 Å². The Hall–Kier alpha value is -2.30. The maximum absolute atomic E-state index is 11.6. The normalized spacial score (nSPS) is 10.9. The Balaban J connectivity index is 2.71. The molecule has 1 rings (SSSR count). The number of allylic oxidation sites excluding steroid dienone is 1. The summed E-state index contributed by atoms with van der Waals surface area (Å²) in [6, 6.07) is 6.00. The van der Waals surface area contributed by atoms with Crippen LogP contribution in [0.5, 0.6) is 0 Å². The Labute approximate surface area is 106 Å². The van der Waals surface area contributed by atoms with Gasteiger partial charge in [0.1, 0.15) is 0 Å².